The van der Waals surface area contributed by atoms with Gasteiger partial charge in [0.2, 0.25) is 5.91 Å². The third kappa shape index (κ3) is 3.89. The number of hydrogen-bond acceptors (Lipinski definition) is 2. The van der Waals surface area contributed by atoms with E-state index >= 15 is 0 Å². The molecule has 2 N–H and O–H groups in total. The molecule has 2 fully saturated rings. The third-order valence-corrected chi connectivity index (χ3v) is 4.74. The second kappa shape index (κ2) is 6.24. The average Bonchev–Trinajstić information content (AvgIpc) is 2.82. The lowest BCUT2D eigenvalue weighted by molar-refractivity contribution is -0.128. The Kier molecular flexibility index (Phi) is 4.79. The lowest BCUT2D eigenvalue weighted by atomic mass is 9.68. The standard InChI is InChI=1S/C16H30N4O/c1-15(2,3)13(21)18-9-10-19-14(17-4)20-11-8-16(12-20)6-5-7-16/h5-12H2,1-4H3,(H,17,19)(H,18,21). The highest BCUT2D eigenvalue weighted by molar-refractivity contribution is 5.82. The number of rotatable bonds is 3. The predicted octanol–water partition coefficient (Wildman–Crippen LogP) is 1.60. The molecule has 0 radical (unpaired) electrons. The second-order valence-corrected chi connectivity index (χ2v) is 7.50. The fourth-order valence-corrected chi connectivity index (χ4v) is 3.15. The van der Waals surface area contributed by atoms with Gasteiger partial charge in [-0.1, -0.05) is 27.2 Å². The van der Waals surface area contributed by atoms with Gasteiger partial charge in [-0.15, -0.1) is 0 Å². The number of amides is 1. The quantitative estimate of drug-likeness (QED) is 0.472. The smallest absolute Gasteiger partial charge is 0.225 e. The maximum atomic E-state index is 11.8. The van der Waals surface area contributed by atoms with E-state index < -0.39 is 0 Å². The van der Waals surface area contributed by atoms with Crippen LogP contribution in [0, 0.1) is 10.8 Å². The summed E-state index contributed by atoms with van der Waals surface area (Å²) in [7, 11) is 1.84. The van der Waals surface area contributed by atoms with Crippen molar-refractivity contribution in [1.29, 1.82) is 0 Å². The van der Waals surface area contributed by atoms with Crippen molar-refractivity contribution in [3.8, 4) is 0 Å². The van der Waals surface area contributed by atoms with Crippen LogP contribution in [0.25, 0.3) is 0 Å². The van der Waals surface area contributed by atoms with Crippen molar-refractivity contribution in [3.63, 3.8) is 0 Å². The van der Waals surface area contributed by atoms with Gasteiger partial charge in [-0.25, -0.2) is 0 Å². The summed E-state index contributed by atoms with van der Waals surface area (Å²) in [6.07, 6.45) is 5.44. The molecule has 1 aliphatic carbocycles. The zero-order valence-corrected chi connectivity index (χ0v) is 14.0. The monoisotopic (exact) mass is 294 g/mol. The SMILES string of the molecule is CN=C(NCCNC(=O)C(C)(C)C)N1CCC2(CCC2)C1. The molecule has 2 aliphatic rings. The van der Waals surface area contributed by atoms with E-state index in [0.717, 1.165) is 25.6 Å². The molecule has 0 atom stereocenters. The van der Waals surface area contributed by atoms with E-state index in [-0.39, 0.29) is 11.3 Å². The van der Waals surface area contributed by atoms with Crippen molar-refractivity contribution in [2.75, 3.05) is 33.2 Å². The molecule has 5 nitrogen and oxygen atoms in total. The first-order chi connectivity index (χ1) is 9.86. The molecule has 2 rings (SSSR count). The minimum atomic E-state index is -0.326. The van der Waals surface area contributed by atoms with E-state index in [0.29, 0.717) is 12.0 Å². The number of carbonyl (C=O) groups is 1. The highest BCUT2D eigenvalue weighted by Crippen LogP contribution is 2.47. The lowest BCUT2D eigenvalue weighted by Crippen LogP contribution is -2.45. The van der Waals surface area contributed by atoms with E-state index in [4.69, 9.17) is 0 Å². The van der Waals surface area contributed by atoms with Crippen molar-refractivity contribution in [2.45, 2.75) is 46.5 Å². The highest BCUT2D eigenvalue weighted by Gasteiger charge is 2.43. The van der Waals surface area contributed by atoms with E-state index in [1.807, 2.05) is 27.8 Å². The molecule has 0 aromatic rings. The number of hydrogen-bond donors (Lipinski definition) is 2. The van der Waals surface area contributed by atoms with Crippen LogP contribution >= 0.6 is 0 Å². The van der Waals surface area contributed by atoms with E-state index in [9.17, 15) is 4.79 Å². The van der Waals surface area contributed by atoms with Gasteiger partial charge in [0.25, 0.3) is 0 Å². The Bertz CT molecular complexity index is 407. The van der Waals surface area contributed by atoms with Crippen LogP contribution in [0.1, 0.15) is 46.5 Å². The molecule has 1 saturated carbocycles. The molecule has 120 valence electrons. The van der Waals surface area contributed by atoms with Crippen LogP contribution in [0.5, 0.6) is 0 Å². The van der Waals surface area contributed by atoms with Gasteiger partial charge in [-0.3, -0.25) is 9.79 Å². The molecular weight excluding hydrogens is 264 g/mol. The van der Waals surface area contributed by atoms with Crippen LogP contribution in [0.3, 0.4) is 0 Å². The summed E-state index contributed by atoms with van der Waals surface area (Å²) in [4.78, 5) is 18.5. The van der Waals surface area contributed by atoms with Crippen LogP contribution in [0.4, 0.5) is 0 Å². The average molecular weight is 294 g/mol. The predicted molar refractivity (Wildman–Crippen MR) is 86.3 cm³/mol. The van der Waals surface area contributed by atoms with Gasteiger partial charge in [0.05, 0.1) is 0 Å². The number of aliphatic imine (C=N–C) groups is 1. The van der Waals surface area contributed by atoms with Crippen molar-refractivity contribution in [2.24, 2.45) is 15.8 Å². The molecule has 1 heterocycles. The summed E-state index contributed by atoms with van der Waals surface area (Å²) >= 11 is 0. The molecule has 0 aromatic heterocycles. The van der Waals surface area contributed by atoms with Crippen LogP contribution in [-0.4, -0.2) is 50.0 Å². The molecule has 1 spiro atoms. The topological polar surface area (TPSA) is 56.7 Å². The Labute approximate surface area is 128 Å². The van der Waals surface area contributed by atoms with Crippen molar-refractivity contribution in [3.05, 3.63) is 0 Å². The normalized spacial score (nSPS) is 21.3. The van der Waals surface area contributed by atoms with Crippen LogP contribution in [-0.2, 0) is 4.79 Å². The van der Waals surface area contributed by atoms with Gasteiger partial charge in [-0.05, 0) is 24.7 Å². The minimum absolute atomic E-state index is 0.0916. The van der Waals surface area contributed by atoms with Crippen LogP contribution < -0.4 is 10.6 Å². The Hall–Kier alpha value is -1.26. The molecule has 1 saturated heterocycles. The van der Waals surface area contributed by atoms with Crippen molar-refractivity contribution >= 4 is 11.9 Å². The summed E-state index contributed by atoms with van der Waals surface area (Å²) < 4.78 is 0. The number of nitrogens with one attached hydrogen (secondary N) is 2. The Morgan fingerprint density at radius 3 is 2.33 bits per heavy atom. The van der Waals surface area contributed by atoms with E-state index in [1.54, 1.807) is 0 Å². The Morgan fingerprint density at radius 2 is 1.86 bits per heavy atom. The molecule has 1 aliphatic heterocycles. The summed E-state index contributed by atoms with van der Waals surface area (Å²) in [6.45, 7) is 9.38. The minimum Gasteiger partial charge on any atom is -0.354 e. The summed E-state index contributed by atoms with van der Waals surface area (Å²) in [5.74, 6) is 1.07. The van der Waals surface area contributed by atoms with Gasteiger partial charge in [0.15, 0.2) is 5.96 Å². The fourth-order valence-electron chi connectivity index (χ4n) is 3.15. The number of nitrogens with zero attached hydrogens (tertiary/aromatic N) is 2. The largest absolute Gasteiger partial charge is 0.354 e. The molecule has 21 heavy (non-hydrogen) atoms. The first kappa shape index (κ1) is 16.1. The lowest BCUT2D eigenvalue weighted by Gasteiger charge is -2.38. The van der Waals surface area contributed by atoms with Gasteiger partial charge in [-0.2, -0.15) is 0 Å². The molecule has 0 aromatic carbocycles. The summed E-state index contributed by atoms with van der Waals surface area (Å²) in [5.41, 5.74) is 0.255. The number of carbonyl (C=O) groups excluding carboxylic acids is 1. The third-order valence-electron chi connectivity index (χ3n) is 4.74. The maximum Gasteiger partial charge on any atom is 0.225 e. The molecular formula is C16H30N4O. The molecule has 5 heteroatoms. The van der Waals surface area contributed by atoms with E-state index in [1.165, 1.54) is 25.7 Å². The molecule has 1 amide bonds. The zero-order chi connectivity index (χ0) is 15.5. The first-order valence-electron chi connectivity index (χ1n) is 8.10. The van der Waals surface area contributed by atoms with Crippen molar-refractivity contribution in [1.82, 2.24) is 15.5 Å². The number of guanidine groups is 1. The summed E-state index contributed by atoms with van der Waals surface area (Å²) in [6, 6.07) is 0. The number of likely N-dealkylation sites (tertiary alicyclic amines) is 1. The fraction of sp³-hybridized carbons (Fsp3) is 0.875. The summed E-state index contributed by atoms with van der Waals surface area (Å²) in [5, 5.41) is 6.32. The van der Waals surface area contributed by atoms with Gasteiger partial charge in [0, 0.05) is 38.6 Å². The van der Waals surface area contributed by atoms with Crippen LogP contribution in [0.15, 0.2) is 4.99 Å². The van der Waals surface area contributed by atoms with E-state index in [2.05, 4.69) is 20.5 Å². The molecule has 0 bridgehead atoms. The Balaban J connectivity index is 1.70. The maximum absolute atomic E-state index is 11.8. The zero-order valence-electron chi connectivity index (χ0n) is 14.0. The van der Waals surface area contributed by atoms with Gasteiger partial charge in [0.1, 0.15) is 0 Å². The van der Waals surface area contributed by atoms with Crippen LogP contribution in [0.2, 0.25) is 0 Å². The molecule has 0 unspecified atom stereocenters. The second-order valence-electron chi connectivity index (χ2n) is 7.50. The van der Waals surface area contributed by atoms with Gasteiger partial charge < -0.3 is 15.5 Å². The highest BCUT2D eigenvalue weighted by atomic mass is 16.2. The Morgan fingerprint density at radius 1 is 1.19 bits per heavy atom. The first-order valence-corrected chi connectivity index (χ1v) is 8.10. The van der Waals surface area contributed by atoms with Crippen molar-refractivity contribution < 1.29 is 4.79 Å². The van der Waals surface area contributed by atoms with Gasteiger partial charge >= 0.3 is 0 Å².